The molecule has 0 spiro atoms. The lowest BCUT2D eigenvalue weighted by molar-refractivity contribution is -0.0818. The molecular formula is C14H16N5O6P. The Balaban J connectivity index is 1.79. The fourth-order valence-corrected chi connectivity index (χ4v) is 3.53. The van der Waals surface area contributed by atoms with Gasteiger partial charge in [-0.2, -0.15) is 4.98 Å². The lowest BCUT2D eigenvalue weighted by Crippen LogP contribution is -2.44. The monoisotopic (exact) mass is 381 g/mol. The Morgan fingerprint density at radius 3 is 3.08 bits per heavy atom. The summed E-state index contributed by atoms with van der Waals surface area (Å²) in [5.41, 5.74) is 5.40. The first-order valence-electron chi connectivity index (χ1n) is 7.73. The molecule has 4 rings (SSSR count). The molecule has 0 aliphatic carbocycles. The number of fused-ring (bicyclic) bond motifs is 1. The zero-order chi connectivity index (χ0) is 18.3. The van der Waals surface area contributed by atoms with E-state index in [1.807, 2.05) is 0 Å². The second-order valence-electron chi connectivity index (χ2n) is 5.76. The first kappa shape index (κ1) is 17.1. The third kappa shape index (κ3) is 3.00. The molecule has 0 amide bonds. The number of rotatable bonds is 4. The third-order valence-corrected chi connectivity index (χ3v) is 4.64. The molecule has 1 fully saturated rings. The highest BCUT2D eigenvalue weighted by atomic mass is 31.1. The average molecular weight is 381 g/mol. The number of aliphatic hydroxyl groups is 2. The first-order valence-corrected chi connectivity index (χ1v) is 8.54. The van der Waals surface area contributed by atoms with Crippen molar-refractivity contribution in [2.75, 3.05) is 12.3 Å². The van der Waals surface area contributed by atoms with Gasteiger partial charge in [0.25, 0.3) is 5.56 Å². The van der Waals surface area contributed by atoms with Crippen LogP contribution in [0.1, 0.15) is 0 Å². The molecule has 4 unspecified atom stereocenters. The Hall–Kier alpha value is -2.30. The zero-order valence-corrected chi connectivity index (χ0v) is 14.3. The van der Waals surface area contributed by atoms with E-state index in [2.05, 4.69) is 15.0 Å². The lowest BCUT2D eigenvalue weighted by Gasteiger charge is -2.31. The molecule has 12 heteroatoms. The number of H-pyrrole nitrogens is 1. The second kappa shape index (κ2) is 6.78. The number of nitrogen functional groups attached to an aromatic ring is 1. The van der Waals surface area contributed by atoms with Gasteiger partial charge in [-0.15, -0.1) is 0 Å². The van der Waals surface area contributed by atoms with Crippen LogP contribution in [0.25, 0.3) is 22.7 Å². The van der Waals surface area contributed by atoms with E-state index in [1.54, 1.807) is 12.1 Å². The van der Waals surface area contributed by atoms with Crippen molar-refractivity contribution in [3.8, 4) is 11.6 Å². The Kier molecular flexibility index (Phi) is 4.47. The van der Waals surface area contributed by atoms with Crippen LogP contribution >= 0.6 is 9.03 Å². The van der Waals surface area contributed by atoms with E-state index in [-0.39, 0.29) is 39.3 Å². The fourth-order valence-electron chi connectivity index (χ4n) is 2.80. The van der Waals surface area contributed by atoms with Crippen molar-refractivity contribution in [3.63, 3.8) is 0 Å². The summed E-state index contributed by atoms with van der Waals surface area (Å²) in [5, 5.41) is 20.6. The first-order chi connectivity index (χ1) is 12.5. The van der Waals surface area contributed by atoms with Gasteiger partial charge in [-0.1, -0.05) is 0 Å². The van der Waals surface area contributed by atoms with E-state index in [9.17, 15) is 15.0 Å². The number of aromatic nitrogens is 4. The van der Waals surface area contributed by atoms with Crippen LogP contribution in [0.3, 0.4) is 0 Å². The van der Waals surface area contributed by atoms with Gasteiger partial charge in [0.05, 0.1) is 19.4 Å². The maximum Gasteiger partial charge on any atom is 0.280 e. The molecule has 0 saturated carbocycles. The van der Waals surface area contributed by atoms with Gasteiger partial charge >= 0.3 is 0 Å². The largest absolute Gasteiger partial charge is 0.461 e. The number of hydrogen-bond acceptors (Lipinski definition) is 9. The van der Waals surface area contributed by atoms with Crippen LogP contribution in [0.4, 0.5) is 5.95 Å². The van der Waals surface area contributed by atoms with Gasteiger partial charge in [0, 0.05) is 0 Å². The number of nitrogens with one attached hydrogen (secondary N) is 1. The molecule has 3 aromatic rings. The summed E-state index contributed by atoms with van der Waals surface area (Å²) in [6.45, 7) is 0.0232. The molecule has 0 radical (unpaired) electrons. The average Bonchev–Trinajstić information content (AvgIpc) is 3.24. The summed E-state index contributed by atoms with van der Waals surface area (Å²) in [6.07, 6.45) is -1.46. The quantitative estimate of drug-likeness (QED) is 0.441. The SMILES string of the molecule is Nc1nc2c(nc(-c3ccco3)n2CC(O)C2OPOCC2O)c(=O)[nH]1. The predicted octanol–water partition coefficient (Wildman–Crippen LogP) is -0.393. The molecule has 26 heavy (non-hydrogen) atoms. The molecule has 1 aliphatic heterocycles. The molecule has 1 saturated heterocycles. The van der Waals surface area contributed by atoms with Gasteiger partial charge in [-0.25, -0.2) is 4.98 Å². The van der Waals surface area contributed by atoms with Crippen molar-refractivity contribution in [3.05, 3.63) is 28.7 Å². The van der Waals surface area contributed by atoms with Crippen molar-refractivity contribution in [2.45, 2.75) is 24.9 Å². The zero-order valence-electron chi connectivity index (χ0n) is 13.3. The molecule has 0 bridgehead atoms. The number of furan rings is 1. The van der Waals surface area contributed by atoms with Crippen LogP contribution in [0.15, 0.2) is 27.6 Å². The van der Waals surface area contributed by atoms with Crippen LogP contribution in [-0.4, -0.2) is 54.7 Å². The van der Waals surface area contributed by atoms with Gasteiger partial charge < -0.3 is 34.0 Å². The van der Waals surface area contributed by atoms with Gasteiger partial charge in [-0.05, 0) is 12.1 Å². The summed E-state index contributed by atoms with van der Waals surface area (Å²) >= 11 is 0. The van der Waals surface area contributed by atoms with E-state index in [0.29, 0.717) is 11.6 Å². The van der Waals surface area contributed by atoms with E-state index in [4.69, 9.17) is 19.2 Å². The predicted molar refractivity (Wildman–Crippen MR) is 91.4 cm³/mol. The van der Waals surface area contributed by atoms with Crippen molar-refractivity contribution >= 4 is 26.1 Å². The smallest absolute Gasteiger partial charge is 0.280 e. The van der Waals surface area contributed by atoms with Crippen molar-refractivity contribution in [2.24, 2.45) is 0 Å². The van der Waals surface area contributed by atoms with Crippen molar-refractivity contribution in [1.82, 2.24) is 19.5 Å². The van der Waals surface area contributed by atoms with Crippen LogP contribution < -0.4 is 11.3 Å². The number of aromatic amines is 1. The number of anilines is 1. The molecule has 1 aliphatic rings. The summed E-state index contributed by atoms with van der Waals surface area (Å²) in [6, 6.07) is 3.34. The third-order valence-electron chi connectivity index (χ3n) is 3.99. The summed E-state index contributed by atoms with van der Waals surface area (Å²) in [4.78, 5) is 22.9. The van der Waals surface area contributed by atoms with E-state index in [1.165, 1.54) is 10.8 Å². The highest BCUT2D eigenvalue weighted by Crippen LogP contribution is 2.29. The highest BCUT2D eigenvalue weighted by Gasteiger charge is 2.33. The number of hydrogen-bond donors (Lipinski definition) is 4. The van der Waals surface area contributed by atoms with Crippen LogP contribution in [0, 0.1) is 0 Å². The molecule has 138 valence electrons. The van der Waals surface area contributed by atoms with Crippen LogP contribution in [0.5, 0.6) is 0 Å². The normalized spacial score (nSPS) is 22.8. The fraction of sp³-hybridized carbons (Fsp3) is 0.357. The van der Waals surface area contributed by atoms with Crippen molar-refractivity contribution < 1.29 is 23.7 Å². The van der Waals surface area contributed by atoms with E-state index in [0.717, 1.165) is 0 Å². The van der Waals surface area contributed by atoms with Crippen molar-refractivity contribution in [1.29, 1.82) is 0 Å². The molecular weight excluding hydrogens is 365 g/mol. The molecule has 5 N–H and O–H groups in total. The Morgan fingerprint density at radius 1 is 1.50 bits per heavy atom. The summed E-state index contributed by atoms with van der Waals surface area (Å²) < 4.78 is 17.2. The Bertz CT molecular complexity index is 970. The van der Waals surface area contributed by atoms with Gasteiger partial charge in [0.2, 0.25) is 5.95 Å². The Morgan fingerprint density at radius 2 is 2.35 bits per heavy atom. The van der Waals surface area contributed by atoms with Gasteiger partial charge in [0.15, 0.2) is 31.8 Å². The lowest BCUT2D eigenvalue weighted by atomic mass is 10.1. The molecule has 4 atom stereocenters. The standard InChI is InChI=1S/C14H16N5O6P/c15-14-17-12-9(13(22)18-14)16-11(8-2-1-3-23-8)19(12)4-6(20)10-7(21)5-24-26-25-10/h1-3,6-7,10,20-21,26H,4-5H2,(H3,15,17,18,22). The number of nitrogens with two attached hydrogens (primary N) is 1. The molecule has 11 nitrogen and oxygen atoms in total. The molecule has 4 heterocycles. The maximum absolute atomic E-state index is 12.1. The minimum atomic E-state index is -1.10. The van der Waals surface area contributed by atoms with Gasteiger partial charge in [-0.3, -0.25) is 9.78 Å². The number of nitrogens with zero attached hydrogens (tertiary/aromatic N) is 3. The van der Waals surface area contributed by atoms with Gasteiger partial charge in [0.1, 0.15) is 18.3 Å². The Labute approximate surface area is 147 Å². The summed E-state index contributed by atoms with van der Waals surface area (Å²) in [5.74, 6) is 0.619. The topological polar surface area (TPSA) is 162 Å². The molecule has 3 aromatic heterocycles. The highest BCUT2D eigenvalue weighted by molar-refractivity contribution is 7.26. The van der Waals surface area contributed by atoms with E-state index >= 15 is 0 Å². The minimum Gasteiger partial charge on any atom is -0.461 e. The minimum absolute atomic E-state index is 0.0470. The maximum atomic E-state index is 12.1. The molecule has 0 aromatic carbocycles. The van der Waals surface area contributed by atoms with Crippen LogP contribution in [0.2, 0.25) is 0 Å². The van der Waals surface area contributed by atoms with E-state index < -0.39 is 23.9 Å². The number of imidazole rings is 1. The van der Waals surface area contributed by atoms with Crippen LogP contribution in [-0.2, 0) is 15.6 Å². The number of aliphatic hydroxyl groups excluding tert-OH is 2. The summed E-state index contributed by atoms with van der Waals surface area (Å²) in [7, 11) is -0.273. The second-order valence-corrected chi connectivity index (χ2v) is 6.45.